The fourth-order valence-corrected chi connectivity index (χ4v) is 1.98. The minimum Gasteiger partial charge on any atom is -0.497 e. The summed E-state index contributed by atoms with van der Waals surface area (Å²) in [5, 5.41) is 0. The Kier molecular flexibility index (Phi) is 5.57. The summed E-state index contributed by atoms with van der Waals surface area (Å²) in [7, 11) is 3.23. The van der Waals surface area contributed by atoms with Crippen LogP contribution in [0.2, 0.25) is 0 Å². The van der Waals surface area contributed by atoms with Crippen molar-refractivity contribution >= 4 is 11.9 Å². The Balaban J connectivity index is 1.86. The van der Waals surface area contributed by atoms with E-state index in [1.807, 2.05) is 30.3 Å². The summed E-state index contributed by atoms with van der Waals surface area (Å²) in [6.07, 6.45) is 0. The van der Waals surface area contributed by atoms with Crippen LogP contribution in [-0.4, -0.2) is 31.0 Å². The molecule has 6 heteroatoms. The summed E-state index contributed by atoms with van der Waals surface area (Å²) in [6, 6.07) is 15.7. The Hall–Kier alpha value is -3.02. The first-order valence-electron chi connectivity index (χ1n) is 7.09. The highest BCUT2D eigenvalue weighted by atomic mass is 16.5. The Morgan fingerprint density at radius 2 is 1.78 bits per heavy atom. The van der Waals surface area contributed by atoms with Crippen LogP contribution in [0.3, 0.4) is 0 Å². The van der Waals surface area contributed by atoms with Crippen LogP contribution in [0, 0.1) is 0 Å². The molecule has 0 aliphatic rings. The Morgan fingerprint density at radius 3 is 2.48 bits per heavy atom. The van der Waals surface area contributed by atoms with E-state index in [0.717, 1.165) is 11.3 Å². The maximum Gasteiger partial charge on any atom is 0.336 e. The molecular weight excluding hydrogens is 294 g/mol. The molecule has 0 unspecified atom stereocenters. The molecule has 0 atom stereocenters. The van der Waals surface area contributed by atoms with Gasteiger partial charge in [-0.1, -0.05) is 30.3 Å². The first-order valence-corrected chi connectivity index (χ1v) is 7.09. The van der Waals surface area contributed by atoms with Gasteiger partial charge in [0.05, 0.1) is 7.11 Å². The van der Waals surface area contributed by atoms with Gasteiger partial charge in [-0.05, 0) is 29.8 Å². The quantitative estimate of drug-likeness (QED) is 0.850. The van der Waals surface area contributed by atoms with Crippen LogP contribution >= 0.6 is 0 Å². The third-order valence-corrected chi connectivity index (χ3v) is 3.22. The highest BCUT2D eigenvalue weighted by molar-refractivity contribution is 5.95. The first-order chi connectivity index (χ1) is 11.1. The fraction of sp³-hybridized carbons (Fsp3) is 0.176. The zero-order chi connectivity index (χ0) is 16.7. The van der Waals surface area contributed by atoms with E-state index in [0.29, 0.717) is 12.1 Å². The fourth-order valence-electron chi connectivity index (χ4n) is 1.98. The number of urea groups is 1. The van der Waals surface area contributed by atoms with Crippen LogP contribution in [-0.2, 0) is 6.54 Å². The second kappa shape index (κ2) is 7.84. The van der Waals surface area contributed by atoms with E-state index >= 15 is 0 Å². The average Bonchev–Trinajstić information content (AvgIpc) is 2.60. The molecule has 0 aliphatic carbocycles. The lowest BCUT2D eigenvalue weighted by atomic mass is 10.2. The van der Waals surface area contributed by atoms with Crippen molar-refractivity contribution in [3.05, 3.63) is 65.7 Å². The summed E-state index contributed by atoms with van der Waals surface area (Å²) in [6.45, 7) is 0.393. The van der Waals surface area contributed by atoms with Gasteiger partial charge in [0, 0.05) is 19.2 Å². The maximum atomic E-state index is 12.0. The topological polar surface area (TPSA) is 70.7 Å². The number of ether oxygens (including phenoxy) is 1. The van der Waals surface area contributed by atoms with Gasteiger partial charge in [0.2, 0.25) is 0 Å². The molecular formula is C17H19N3O3. The monoisotopic (exact) mass is 313 g/mol. The lowest BCUT2D eigenvalue weighted by molar-refractivity contribution is 0.0931. The lowest BCUT2D eigenvalue weighted by Crippen LogP contribution is -2.47. The van der Waals surface area contributed by atoms with Gasteiger partial charge in [-0.25, -0.2) is 10.2 Å². The number of carbonyl (C=O) groups excluding carboxylic acids is 2. The van der Waals surface area contributed by atoms with Gasteiger partial charge in [-0.2, -0.15) is 0 Å². The second-order valence-electron chi connectivity index (χ2n) is 4.96. The van der Waals surface area contributed by atoms with Crippen molar-refractivity contribution in [2.75, 3.05) is 14.2 Å². The van der Waals surface area contributed by atoms with E-state index in [-0.39, 0.29) is 5.91 Å². The van der Waals surface area contributed by atoms with Crippen LogP contribution in [0.5, 0.6) is 5.75 Å². The van der Waals surface area contributed by atoms with Crippen molar-refractivity contribution in [1.82, 2.24) is 15.8 Å². The molecule has 2 rings (SSSR count). The molecule has 0 spiro atoms. The van der Waals surface area contributed by atoms with Crippen LogP contribution < -0.4 is 15.6 Å². The zero-order valence-electron chi connectivity index (χ0n) is 13.1. The number of hydrogen-bond acceptors (Lipinski definition) is 3. The number of nitrogens with zero attached hydrogens (tertiary/aromatic N) is 1. The number of methoxy groups -OCH3 is 1. The number of nitrogens with one attached hydrogen (secondary N) is 2. The summed E-state index contributed by atoms with van der Waals surface area (Å²) in [5.41, 5.74) is 6.17. The number of benzene rings is 2. The first kappa shape index (κ1) is 16.4. The highest BCUT2D eigenvalue weighted by Gasteiger charge is 2.11. The lowest BCUT2D eigenvalue weighted by Gasteiger charge is -2.18. The minimum absolute atomic E-state index is 0.367. The third kappa shape index (κ3) is 4.74. The molecule has 0 radical (unpaired) electrons. The van der Waals surface area contributed by atoms with Gasteiger partial charge in [0.15, 0.2) is 0 Å². The number of hydrazine groups is 1. The van der Waals surface area contributed by atoms with Crippen molar-refractivity contribution in [2.45, 2.75) is 6.54 Å². The number of rotatable bonds is 4. The van der Waals surface area contributed by atoms with Gasteiger partial charge < -0.3 is 9.64 Å². The van der Waals surface area contributed by atoms with Crippen molar-refractivity contribution in [1.29, 1.82) is 0 Å². The second-order valence-corrected chi connectivity index (χ2v) is 4.96. The van der Waals surface area contributed by atoms with Crippen LogP contribution in [0.1, 0.15) is 15.9 Å². The Morgan fingerprint density at radius 1 is 1.04 bits per heavy atom. The minimum atomic E-state index is -0.405. The predicted octanol–water partition coefficient (Wildman–Crippen LogP) is 2.18. The van der Waals surface area contributed by atoms with Crippen LogP contribution in [0.4, 0.5) is 4.79 Å². The standard InChI is InChI=1S/C17H19N3O3/c1-20(12-13-7-6-10-15(11-13)23-2)17(22)19-18-16(21)14-8-4-3-5-9-14/h3-11H,12H2,1-2H3,(H,18,21)(H,19,22). The Labute approximate surface area is 135 Å². The van der Waals surface area contributed by atoms with E-state index in [2.05, 4.69) is 10.9 Å². The van der Waals surface area contributed by atoms with E-state index in [4.69, 9.17) is 4.74 Å². The molecule has 0 bridgehead atoms. The molecule has 2 aromatic carbocycles. The molecule has 0 heterocycles. The molecule has 120 valence electrons. The average molecular weight is 313 g/mol. The molecule has 0 aromatic heterocycles. The normalized spacial score (nSPS) is 9.83. The van der Waals surface area contributed by atoms with E-state index < -0.39 is 6.03 Å². The molecule has 6 nitrogen and oxygen atoms in total. The number of amides is 3. The smallest absolute Gasteiger partial charge is 0.336 e. The third-order valence-electron chi connectivity index (χ3n) is 3.22. The van der Waals surface area contributed by atoms with Crippen molar-refractivity contribution in [3.8, 4) is 5.75 Å². The number of hydrogen-bond donors (Lipinski definition) is 2. The van der Waals surface area contributed by atoms with Crippen molar-refractivity contribution in [3.63, 3.8) is 0 Å². The summed E-state index contributed by atoms with van der Waals surface area (Å²) >= 11 is 0. The Bertz CT molecular complexity index is 674. The molecule has 2 aromatic rings. The summed E-state index contributed by atoms with van der Waals surface area (Å²) in [5.74, 6) is 0.363. The molecule has 3 amide bonds. The number of carbonyl (C=O) groups is 2. The predicted molar refractivity (Wildman–Crippen MR) is 86.9 cm³/mol. The molecule has 0 fully saturated rings. The zero-order valence-corrected chi connectivity index (χ0v) is 13.1. The van der Waals surface area contributed by atoms with Crippen LogP contribution in [0.25, 0.3) is 0 Å². The molecule has 2 N–H and O–H groups in total. The van der Waals surface area contributed by atoms with E-state index in [1.165, 1.54) is 4.90 Å². The van der Waals surface area contributed by atoms with Crippen molar-refractivity contribution in [2.24, 2.45) is 0 Å². The molecule has 23 heavy (non-hydrogen) atoms. The van der Waals surface area contributed by atoms with Gasteiger partial charge in [-0.15, -0.1) is 0 Å². The van der Waals surface area contributed by atoms with Gasteiger partial charge >= 0.3 is 6.03 Å². The SMILES string of the molecule is COc1cccc(CN(C)C(=O)NNC(=O)c2ccccc2)c1. The van der Waals surface area contributed by atoms with Crippen LogP contribution in [0.15, 0.2) is 54.6 Å². The van der Waals surface area contributed by atoms with Gasteiger partial charge in [0.25, 0.3) is 5.91 Å². The molecule has 0 saturated heterocycles. The molecule has 0 aliphatic heterocycles. The largest absolute Gasteiger partial charge is 0.497 e. The highest BCUT2D eigenvalue weighted by Crippen LogP contribution is 2.13. The summed E-state index contributed by atoms with van der Waals surface area (Å²) < 4.78 is 5.15. The van der Waals surface area contributed by atoms with E-state index in [1.54, 1.807) is 38.4 Å². The van der Waals surface area contributed by atoms with Gasteiger partial charge in [0.1, 0.15) is 5.75 Å². The molecule has 0 saturated carbocycles. The van der Waals surface area contributed by atoms with Gasteiger partial charge in [-0.3, -0.25) is 10.2 Å². The van der Waals surface area contributed by atoms with Crippen molar-refractivity contribution < 1.29 is 14.3 Å². The summed E-state index contributed by atoms with van der Waals surface area (Å²) in [4.78, 5) is 25.3. The maximum absolute atomic E-state index is 12.0. The van der Waals surface area contributed by atoms with E-state index in [9.17, 15) is 9.59 Å².